The van der Waals surface area contributed by atoms with Crippen molar-refractivity contribution in [1.29, 1.82) is 0 Å². The number of phenols is 4. The lowest BCUT2D eigenvalue weighted by Gasteiger charge is -2.32. The SMILES string of the molecule is Nc1ncnc(OC(O)(O)C(O)(O)Oc2ncc(Br)cn2)c1-c1c(O)c(O)c(Br)c(O)c1O. The van der Waals surface area contributed by atoms with Gasteiger partial charge in [-0.3, -0.25) is 0 Å². The number of hydrogen-bond acceptors (Lipinski definition) is 15. The molecule has 0 radical (unpaired) electrons. The van der Waals surface area contributed by atoms with Crippen LogP contribution in [0.15, 0.2) is 27.7 Å². The van der Waals surface area contributed by atoms with Gasteiger partial charge < -0.3 is 56.1 Å². The molecule has 0 fully saturated rings. The summed E-state index contributed by atoms with van der Waals surface area (Å²) in [4.78, 5) is 14.3. The number of aromatic hydroxyl groups is 4. The fraction of sp³-hybridized carbons (Fsp3) is 0.125. The van der Waals surface area contributed by atoms with Crippen molar-refractivity contribution in [1.82, 2.24) is 19.9 Å². The minimum absolute atomic E-state index is 0.397. The summed E-state index contributed by atoms with van der Waals surface area (Å²) in [5, 5.41) is 80.9. The number of phenolic OH excluding ortho intramolecular Hbond substituents is 4. The number of halogens is 2. The molecule has 33 heavy (non-hydrogen) atoms. The number of nitrogens with two attached hydrogens (primary N) is 1. The molecule has 0 spiro atoms. The van der Waals surface area contributed by atoms with Crippen LogP contribution in [0.1, 0.15) is 0 Å². The molecule has 0 amide bonds. The van der Waals surface area contributed by atoms with Crippen LogP contribution < -0.4 is 15.2 Å². The summed E-state index contributed by atoms with van der Waals surface area (Å²) in [7, 11) is 0. The lowest BCUT2D eigenvalue weighted by molar-refractivity contribution is -0.492. The maximum atomic E-state index is 10.3. The third kappa shape index (κ3) is 4.49. The van der Waals surface area contributed by atoms with E-state index in [2.05, 4.69) is 56.5 Å². The summed E-state index contributed by atoms with van der Waals surface area (Å²) in [6.07, 6.45) is 3.04. The number of nitrogen functional groups attached to an aromatic ring is 1. The minimum atomic E-state index is -4.01. The Morgan fingerprint density at radius 3 is 1.79 bits per heavy atom. The fourth-order valence-electron chi connectivity index (χ4n) is 2.35. The first-order valence-corrected chi connectivity index (χ1v) is 9.86. The van der Waals surface area contributed by atoms with E-state index in [1.54, 1.807) is 0 Å². The van der Waals surface area contributed by atoms with Gasteiger partial charge in [0, 0.05) is 12.4 Å². The second-order valence-electron chi connectivity index (χ2n) is 6.13. The van der Waals surface area contributed by atoms with Crippen molar-refractivity contribution in [2.24, 2.45) is 0 Å². The molecule has 0 bridgehead atoms. The standard InChI is InChI=1S/C16H13Br2N5O10/c17-4-1-20-14(21-2-4)33-16(30,31)15(28,29)32-13-6(12(19)22-3-23-13)5-8(24)10(26)7(18)11(27)9(5)25/h1-3,24-31H,(H2,19,22,23). The maximum Gasteiger partial charge on any atom is 0.424 e. The number of nitrogens with zero attached hydrogens (tertiary/aromatic N) is 4. The molecule has 10 N–H and O–H groups in total. The molecule has 0 saturated carbocycles. The van der Waals surface area contributed by atoms with Gasteiger partial charge in [0.25, 0.3) is 0 Å². The number of aliphatic hydroxyl groups is 4. The third-order valence-corrected chi connectivity index (χ3v) is 5.08. The van der Waals surface area contributed by atoms with Crippen LogP contribution in [-0.4, -0.2) is 72.7 Å². The fourth-order valence-corrected chi connectivity index (χ4v) is 2.93. The van der Waals surface area contributed by atoms with Crippen LogP contribution in [0.25, 0.3) is 11.1 Å². The van der Waals surface area contributed by atoms with Crippen molar-refractivity contribution in [3.63, 3.8) is 0 Å². The molecule has 15 nitrogen and oxygen atoms in total. The second kappa shape index (κ2) is 8.61. The van der Waals surface area contributed by atoms with E-state index in [-0.39, 0.29) is 0 Å². The Morgan fingerprint density at radius 1 is 0.727 bits per heavy atom. The normalized spacial score (nSPS) is 11.9. The molecule has 0 aliphatic carbocycles. The lowest BCUT2D eigenvalue weighted by atomic mass is 10.0. The Morgan fingerprint density at radius 2 is 1.24 bits per heavy atom. The first-order valence-electron chi connectivity index (χ1n) is 8.28. The van der Waals surface area contributed by atoms with Crippen LogP contribution in [-0.2, 0) is 0 Å². The van der Waals surface area contributed by atoms with E-state index >= 15 is 0 Å². The van der Waals surface area contributed by atoms with E-state index in [0.717, 1.165) is 18.7 Å². The zero-order valence-corrected chi connectivity index (χ0v) is 18.9. The van der Waals surface area contributed by atoms with Gasteiger partial charge in [0.2, 0.25) is 5.88 Å². The summed E-state index contributed by atoms with van der Waals surface area (Å²) in [6, 6.07) is -0.709. The smallest absolute Gasteiger partial charge is 0.424 e. The van der Waals surface area contributed by atoms with E-state index < -0.39 is 68.3 Å². The van der Waals surface area contributed by atoms with Gasteiger partial charge in [-0.2, -0.15) is 0 Å². The molecule has 0 aliphatic rings. The topological polar surface area (TPSA) is 258 Å². The van der Waals surface area contributed by atoms with Gasteiger partial charge in [-0.05, 0) is 31.9 Å². The van der Waals surface area contributed by atoms with Crippen LogP contribution in [0.2, 0.25) is 0 Å². The number of hydrogen-bond donors (Lipinski definition) is 9. The molecule has 3 aromatic rings. The maximum absolute atomic E-state index is 10.3. The van der Waals surface area contributed by atoms with Crippen molar-refractivity contribution in [2.45, 2.75) is 11.9 Å². The summed E-state index contributed by atoms with van der Waals surface area (Å²) < 4.78 is 9.21. The Labute approximate surface area is 199 Å². The van der Waals surface area contributed by atoms with Gasteiger partial charge in [-0.1, -0.05) is 0 Å². The average Bonchev–Trinajstić information content (AvgIpc) is 2.74. The molecule has 3 rings (SSSR count). The third-order valence-electron chi connectivity index (χ3n) is 3.92. The Kier molecular flexibility index (Phi) is 6.37. The number of anilines is 1. The van der Waals surface area contributed by atoms with E-state index in [1.807, 2.05) is 0 Å². The molecule has 0 aliphatic heterocycles. The molecule has 1 aromatic carbocycles. The number of aromatic nitrogens is 4. The highest BCUT2D eigenvalue weighted by molar-refractivity contribution is 9.11. The number of benzene rings is 1. The molecule has 176 valence electrons. The van der Waals surface area contributed by atoms with Crippen molar-refractivity contribution in [3.8, 4) is 46.0 Å². The highest BCUT2D eigenvalue weighted by Crippen LogP contribution is 2.55. The molecule has 0 unspecified atom stereocenters. The highest BCUT2D eigenvalue weighted by Gasteiger charge is 2.56. The van der Waals surface area contributed by atoms with E-state index in [9.17, 15) is 40.9 Å². The largest absolute Gasteiger partial charge is 0.504 e. The van der Waals surface area contributed by atoms with Gasteiger partial charge in [-0.25, -0.2) is 19.9 Å². The predicted octanol–water partition coefficient (Wildman–Crippen LogP) is -0.402. The van der Waals surface area contributed by atoms with Gasteiger partial charge in [0.15, 0.2) is 23.0 Å². The highest BCUT2D eigenvalue weighted by atomic mass is 79.9. The van der Waals surface area contributed by atoms with E-state index in [4.69, 9.17) is 10.5 Å². The summed E-state index contributed by atoms with van der Waals surface area (Å²) >= 11 is 5.78. The first kappa shape index (κ1) is 24.4. The van der Waals surface area contributed by atoms with Crippen LogP contribution in [0.5, 0.6) is 34.9 Å². The summed E-state index contributed by atoms with van der Waals surface area (Å²) in [6.45, 7) is 0. The van der Waals surface area contributed by atoms with Crippen molar-refractivity contribution >= 4 is 37.7 Å². The zero-order chi connectivity index (χ0) is 24.7. The molecule has 0 atom stereocenters. The summed E-state index contributed by atoms with van der Waals surface area (Å²) in [5.74, 6) is -13.5. The average molecular weight is 595 g/mol. The number of ether oxygens (including phenoxy) is 2. The molecule has 17 heteroatoms. The van der Waals surface area contributed by atoms with Crippen LogP contribution in [0.3, 0.4) is 0 Å². The molecule has 0 saturated heterocycles. The zero-order valence-electron chi connectivity index (χ0n) is 15.7. The van der Waals surface area contributed by atoms with Crippen LogP contribution in [0.4, 0.5) is 5.82 Å². The molecule has 2 aromatic heterocycles. The molecular weight excluding hydrogens is 582 g/mol. The van der Waals surface area contributed by atoms with Gasteiger partial charge in [0.05, 0.1) is 15.6 Å². The monoisotopic (exact) mass is 593 g/mol. The van der Waals surface area contributed by atoms with Crippen molar-refractivity contribution < 1.29 is 50.3 Å². The second-order valence-corrected chi connectivity index (χ2v) is 7.84. The summed E-state index contributed by atoms with van der Waals surface area (Å²) in [5.41, 5.74) is 4.24. The van der Waals surface area contributed by atoms with E-state index in [1.165, 1.54) is 0 Å². The van der Waals surface area contributed by atoms with Gasteiger partial charge >= 0.3 is 18.0 Å². The molecule has 2 heterocycles. The quantitative estimate of drug-likeness (QED) is 0.0998. The van der Waals surface area contributed by atoms with Crippen LogP contribution in [0, 0.1) is 0 Å². The minimum Gasteiger partial charge on any atom is -0.504 e. The van der Waals surface area contributed by atoms with Gasteiger partial charge in [0.1, 0.15) is 16.6 Å². The first-order chi connectivity index (χ1) is 15.3. The lowest BCUT2D eigenvalue weighted by Crippen LogP contribution is -2.62. The van der Waals surface area contributed by atoms with Crippen molar-refractivity contribution in [3.05, 3.63) is 27.7 Å². The Hall–Kier alpha value is -3.22. The predicted molar refractivity (Wildman–Crippen MR) is 112 cm³/mol. The Bertz CT molecular complexity index is 1180. The number of rotatable bonds is 6. The Balaban J connectivity index is 2.08. The molecular formula is C16H13Br2N5O10. The van der Waals surface area contributed by atoms with Gasteiger partial charge in [-0.15, -0.1) is 0 Å². The van der Waals surface area contributed by atoms with E-state index in [0.29, 0.717) is 4.47 Å². The van der Waals surface area contributed by atoms with Crippen LogP contribution >= 0.6 is 31.9 Å². The van der Waals surface area contributed by atoms with Crippen molar-refractivity contribution in [2.75, 3.05) is 5.73 Å².